The van der Waals surface area contributed by atoms with Crippen molar-refractivity contribution in [2.75, 3.05) is 6.61 Å². The van der Waals surface area contributed by atoms with E-state index in [1.165, 1.54) is 12.1 Å². The largest absolute Gasteiger partial charge is 0.492 e. The first-order chi connectivity index (χ1) is 11.4. The van der Waals surface area contributed by atoms with Gasteiger partial charge in [-0.05, 0) is 25.1 Å². The molecule has 0 aromatic heterocycles. The number of aryl methyl sites for hydroxylation is 1. The first-order valence-electron chi connectivity index (χ1n) is 7.06. The molecule has 1 heterocycles. The van der Waals surface area contributed by atoms with Gasteiger partial charge in [-0.15, -0.1) is 0 Å². The van der Waals surface area contributed by atoms with Crippen LogP contribution in [0.3, 0.4) is 0 Å². The average molecular weight is 386 g/mol. The van der Waals surface area contributed by atoms with Crippen LogP contribution in [0.5, 0.6) is 5.75 Å². The summed E-state index contributed by atoms with van der Waals surface area (Å²) in [6.45, 7) is 2.21. The molecule has 3 rings (SSSR count). The van der Waals surface area contributed by atoms with Gasteiger partial charge in [0, 0.05) is 18.1 Å². The minimum Gasteiger partial charge on any atom is -0.492 e. The Morgan fingerprint density at radius 1 is 1.12 bits per heavy atom. The van der Waals surface area contributed by atoms with E-state index in [1.54, 1.807) is 24.3 Å². The molecule has 126 valence electrons. The molecule has 2 aromatic carbocycles. The zero-order valence-corrected chi connectivity index (χ0v) is 15.0. The summed E-state index contributed by atoms with van der Waals surface area (Å²) in [7, 11) is -3.98. The van der Waals surface area contributed by atoms with Crippen LogP contribution >= 0.6 is 23.2 Å². The summed E-state index contributed by atoms with van der Waals surface area (Å²) in [4.78, 5) is 0.0406. The summed E-state index contributed by atoms with van der Waals surface area (Å²) in [5.41, 5.74) is 1.95. The van der Waals surface area contributed by atoms with Crippen LogP contribution in [0.1, 0.15) is 17.5 Å². The van der Waals surface area contributed by atoms with Gasteiger partial charge in [-0.3, -0.25) is 4.28 Å². The van der Waals surface area contributed by atoms with E-state index in [1.807, 2.05) is 6.92 Å². The van der Waals surface area contributed by atoms with Crippen LogP contribution in [0.4, 0.5) is 0 Å². The molecule has 0 spiro atoms. The molecule has 0 unspecified atom stereocenters. The van der Waals surface area contributed by atoms with Gasteiger partial charge in [0.1, 0.15) is 10.6 Å². The number of hydrogen-bond donors (Lipinski definition) is 0. The smallest absolute Gasteiger partial charge is 0.358 e. The molecule has 0 atom stereocenters. The van der Waals surface area contributed by atoms with Crippen molar-refractivity contribution in [2.24, 2.45) is 5.16 Å². The predicted octanol–water partition coefficient (Wildman–Crippen LogP) is 4.19. The second kappa shape index (κ2) is 6.63. The molecule has 0 saturated heterocycles. The first kappa shape index (κ1) is 17.1. The van der Waals surface area contributed by atoms with Crippen LogP contribution in [0.25, 0.3) is 0 Å². The standard InChI is InChI=1S/C16H13Cl2NO4S/c1-10-2-4-11(5-3-10)24(20,21)23-19-15-6-7-22-16-9-14(18)13(17)8-12(15)16/h2-5,8-9H,6-7H2,1H3/b19-15-. The molecule has 0 bridgehead atoms. The maximum absolute atomic E-state index is 12.2. The fourth-order valence-corrected chi connectivity index (χ4v) is 3.26. The van der Waals surface area contributed by atoms with E-state index >= 15 is 0 Å². The van der Waals surface area contributed by atoms with E-state index in [2.05, 4.69) is 5.16 Å². The van der Waals surface area contributed by atoms with Crippen LogP contribution in [-0.2, 0) is 14.4 Å². The zero-order valence-electron chi connectivity index (χ0n) is 12.6. The molecule has 0 saturated carbocycles. The minimum absolute atomic E-state index is 0.0406. The van der Waals surface area contributed by atoms with Gasteiger partial charge >= 0.3 is 10.1 Å². The highest BCUT2D eigenvalue weighted by Gasteiger charge is 2.22. The molecule has 0 radical (unpaired) electrons. The van der Waals surface area contributed by atoms with Crippen LogP contribution in [0, 0.1) is 6.92 Å². The van der Waals surface area contributed by atoms with Gasteiger partial charge in [0.15, 0.2) is 0 Å². The molecule has 8 heteroatoms. The highest BCUT2D eigenvalue weighted by Crippen LogP contribution is 2.34. The lowest BCUT2D eigenvalue weighted by Crippen LogP contribution is -2.17. The van der Waals surface area contributed by atoms with E-state index in [0.717, 1.165) is 5.56 Å². The minimum atomic E-state index is -3.98. The van der Waals surface area contributed by atoms with Gasteiger partial charge in [0.25, 0.3) is 0 Å². The molecule has 0 N–H and O–H groups in total. The number of ether oxygens (including phenoxy) is 1. The van der Waals surface area contributed by atoms with E-state index in [0.29, 0.717) is 40.1 Å². The maximum Gasteiger partial charge on any atom is 0.358 e. The summed E-state index contributed by atoms with van der Waals surface area (Å²) < 4.78 is 34.8. The SMILES string of the molecule is Cc1ccc(S(=O)(=O)O/N=C2/CCOc3cc(Cl)c(Cl)cc32)cc1. The van der Waals surface area contributed by atoms with Crippen molar-refractivity contribution >= 4 is 39.0 Å². The molecule has 1 aliphatic rings. The van der Waals surface area contributed by atoms with Crippen molar-refractivity contribution in [3.05, 3.63) is 57.6 Å². The van der Waals surface area contributed by atoms with Crippen LogP contribution in [-0.4, -0.2) is 20.7 Å². The normalized spacial score (nSPS) is 15.7. The van der Waals surface area contributed by atoms with Crippen molar-refractivity contribution in [1.82, 2.24) is 0 Å². The van der Waals surface area contributed by atoms with E-state index in [-0.39, 0.29) is 4.90 Å². The van der Waals surface area contributed by atoms with Gasteiger partial charge in [0.2, 0.25) is 0 Å². The second-order valence-corrected chi connectivity index (χ2v) is 7.58. The van der Waals surface area contributed by atoms with Gasteiger partial charge < -0.3 is 4.74 Å². The topological polar surface area (TPSA) is 65.0 Å². The molecule has 24 heavy (non-hydrogen) atoms. The Labute approximate surface area is 149 Å². The van der Waals surface area contributed by atoms with Crippen molar-refractivity contribution in [2.45, 2.75) is 18.2 Å². The highest BCUT2D eigenvalue weighted by atomic mass is 35.5. The highest BCUT2D eigenvalue weighted by molar-refractivity contribution is 7.86. The molecule has 2 aromatic rings. The number of fused-ring (bicyclic) bond motifs is 1. The Balaban J connectivity index is 1.91. The third kappa shape index (κ3) is 3.50. The van der Waals surface area contributed by atoms with E-state index in [4.69, 9.17) is 32.2 Å². The number of oxime groups is 1. The Hall–Kier alpha value is -1.76. The first-order valence-corrected chi connectivity index (χ1v) is 9.22. The van der Waals surface area contributed by atoms with Gasteiger partial charge in [0.05, 0.1) is 22.4 Å². The summed E-state index contributed by atoms with van der Waals surface area (Å²) in [5, 5.41) is 4.49. The van der Waals surface area contributed by atoms with Crippen LogP contribution < -0.4 is 4.74 Å². The molecule has 0 amide bonds. The van der Waals surface area contributed by atoms with E-state index < -0.39 is 10.1 Å². The number of nitrogens with zero attached hydrogens (tertiary/aromatic N) is 1. The lowest BCUT2D eigenvalue weighted by molar-refractivity contribution is 0.308. The van der Waals surface area contributed by atoms with Crippen molar-refractivity contribution in [1.29, 1.82) is 0 Å². The Kier molecular flexibility index (Phi) is 4.71. The van der Waals surface area contributed by atoms with Crippen LogP contribution in [0.15, 0.2) is 46.4 Å². The lowest BCUT2D eigenvalue weighted by atomic mass is 10.0. The number of benzene rings is 2. The predicted molar refractivity (Wildman–Crippen MR) is 92.6 cm³/mol. The van der Waals surface area contributed by atoms with Gasteiger partial charge in [-0.2, -0.15) is 8.42 Å². The fraction of sp³-hybridized carbons (Fsp3) is 0.188. The molecule has 0 aliphatic carbocycles. The van der Waals surface area contributed by atoms with Crippen molar-refractivity contribution in [3.63, 3.8) is 0 Å². The molecular weight excluding hydrogens is 373 g/mol. The molecule has 0 fully saturated rings. The average Bonchev–Trinajstić information content (AvgIpc) is 2.54. The Bertz CT molecular complexity index is 908. The monoisotopic (exact) mass is 385 g/mol. The summed E-state index contributed by atoms with van der Waals surface area (Å²) in [5.74, 6) is 0.491. The Morgan fingerprint density at radius 2 is 1.79 bits per heavy atom. The number of halogens is 2. The quantitative estimate of drug-likeness (QED) is 0.742. The molecule has 1 aliphatic heterocycles. The summed E-state index contributed by atoms with van der Waals surface area (Å²) in [6, 6.07) is 9.48. The lowest BCUT2D eigenvalue weighted by Gasteiger charge is -2.19. The van der Waals surface area contributed by atoms with Gasteiger partial charge in [-0.25, -0.2) is 0 Å². The van der Waals surface area contributed by atoms with Gasteiger partial charge in [-0.1, -0.05) is 46.1 Å². The summed E-state index contributed by atoms with van der Waals surface area (Å²) in [6.07, 6.45) is 0.397. The van der Waals surface area contributed by atoms with E-state index in [9.17, 15) is 8.42 Å². The third-order valence-corrected chi connectivity index (χ3v) is 5.33. The Morgan fingerprint density at radius 3 is 2.50 bits per heavy atom. The van der Waals surface area contributed by atoms with Crippen molar-refractivity contribution < 1.29 is 17.4 Å². The van der Waals surface area contributed by atoms with Crippen molar-refractivity contribution in [3.8, 4) is 5.75 Å². The van der Waals surface area contributed by atoms with Crippen LogP contribution in [0.2, 0.25) is 10.0 Å². The number of hydrogen-bond acceptors (Lipinski definition) is 5. The second-order valence-electron chi connectivity index (χ2n) is 5.24. The maximum atomic E-state index is 12.2. The molecular formula is C16H13Cl2NO4S. The fourth-order valence-electron chi connectivity index (χ4n) is 2.20. The molecule has 5 nitrogen and oxygen atoms in total. The zero-order chi connectivity index (χ0) is 17.3. The number of rotatable bonds is 3. The third-order valence-electron chi connectivity index (χ3n) is 3.49. The summed E-state index contributed by atoms with van der Waals surface area (Å²) >= 11 is 12.0.